The highest BCUT2D eigenvalue weighted by atomic mass is 32.2. The Morgan fingerprint density at radius 1 is 0.815 bits per heavy atom. The number of benzene rings is 2. The lowest BCUT2D eigenvalue weighted by Crippen LogP contribution is -2.50. The molecule has 0 spiro atoms. The number of aromatic nitrogens is 2. The van der Waals surface area contributed by atoms with Crippen LogP contribution in [0.1, 0.15) is 5.56 Å². The van der Waals surface area contributed by atoms with Gasteiger partial charge >= 0.3 is 17.4 Å². The normalized spacial score (nSPS) is 13.3. The lowest BCUT2D eigenvalue weighted by atomic mass is 10.2. The van der Waals surface area contributed by atoms with Gasteiger partial charge in [0, 0.05) is 0 Å². The predicted molar refractivity (Wildman–Crippen MR) is 87.1 cm³/mol. The molecule has 0 fully saturated rings. The predicted octanol–water partition coefficient (Wildman–Crippen LogP) is 5.97. The summed E-state index contributed by atoms with van der Waals surface area (Å²) in [5, 5.41) is -6.06. The molecule has 0 saturated carbocycles. The van der Waals surface area contributed by atoms with E-state index in [-0.39, 0.29) is 12.1 Å². The third-order valence-corrected chi connectivity index (χ3v) is 4.75. The van der Waals surface area contributed by atoms with Gasteiger partial charge in [0.15, 0.2) is 5.16 Å². The van der Waals surface area contributed by atoms with Crippen molar-refractivity contribution in [3.63, 3.8) is 0 Å². The van der Waals surface area contributed by atoms with Crippen molar-refractivity contribution in [3.05, 3.63) is 60.2 Å². The lowest BCUT2D eigenvalue weighted by Gasteiger charge is -2.27. The van der Waals surface area contributed by atoms with Crippen LogP contribution in [-0.4, -0.2) is 26.9 Å². The van der Waals surface area contributed by atoms with Crippen molar-refractivity contribution in [1.29, 1.82) is 0 Å². The summed E-state index contributed by atoms with van der Waals surface area (Å²) in [6.07, 6.45) is -6.39. The van der Waals surface area contributed by atoms with Crippen LogP contribution >= 0.6 is 11.8 Å². The van der Waals surface area contributed by atoms with Gasteiger partial charge in [0.25, 0.3) is 0 Å². The van der Waals surface area contributed by atoms with E-state index >= 15 is 0 Å². The highest BCUT2D eigenvalue weighted by Crippen LogP contribution is 2.53. The summed E-state index contributed by atoms with van der Waals surface area (Å²) < 4.78 is 92.7. The van der Waals surface area contributed by atoms with E-state index in [1.54, 1.807) is 42.5 Å². The topological polar surface area (TPSA) is 17.8 Å². The van der Waals surface area contributed by atoms with Gasteiger partial charge in [-0.05, 0) is 29.5 Å². The van der Waals surface area contributed by atoms with Crippen LogP contribution < -0.4 is 0 Å². The molecular weight excluding hydrogens is 397 g/mol. The summed E-state index contributed by atoms with van der Waals surface area (Å²) >= 11 is -0.900. The maximum absolute atomic E-state index is 13.9. The largest absolute Gasteiger partial charge is 0.460 e. The zero-order valence-electron chi connectivity index (χ0n) is 13.4. The molecule has 0 atom stereocenters. The summed E-state index contributed by atoms with van der Waals surface area (Å²) in [4.78, 5) is 3.83. The zero-order valence-corrected chi connectivity index (χ0v) is 14.2. The Morgan fingerprint density at radius 2 is 1.41 bits per heavy atom. The second-order valence-corrected chi connectivity index (χ2v) is 6.73. The van der Waals surface area contributed by atoms with E-state index in [1.807, 2.05) is 0 Å². The molecule has 0 aliphatic heterocycles. The fraction of sp³-hybridized carbons (Fsp3) is 0.235. The number of imidazole rings is 1. The van der Waals surface area contributed by atoms with Crippen LogP contribution in [0.2, 0.25) is 0 Å². The van der Waals surface area contributed by atoms with Crippen LogP contribution in [0.3, 0.4) is 0 Å². The van der Waals surface area contributed by atoms with E-state index in [9.17, 15) is 30.7 Å². The molecule has 0 unspecified atom stereocenters. The summed E-state index contributed by atoms with van der Waals surface area (Å²) in [6, 6.07) is 14.6. The van der Waals surface area contributed by atoms with E-state index in [2.05, 4.69) is 4.98 Å². The van der Waals surface area contributed by atoms with Crippen LogP contribution in [-0.2, 0) is 6.54 Å². The van der Waals surface area contributed by atoms with E-state index in [4.69, 9.17) is 0 Å². The molecule has 0 amide bonds. The van der Waals surface area contributed by atoms with Crippen molar-refractivity contribution in [1.82, 2.24) is 9.55 Å². The highest BCUT2D eigenvalue weighted by Gasteiger charge is 2.74. The Hall–Kier alpha value is -2.23. The summed E-state index contributed by atoms with van der Waals surface area (Å²) in [5.74, 6) is -6.21. The average Bonchev–Trinajstić information content (AvgIpc) is 2.91. The first-order valence-corrected chi connectivity index (χ1v) is 8.35. The number of nitrogens with zero attached hydrogens (tertiary/aromatic N) is 2. The summed E-state index contributed by atoms with van der Waals surface area (Å²) in [7, 11) is 0. The fourth-order valence-corrected chi connectivity index (χ4v) is 3.28. The Labute approximate surface area is 153 Å². The Balaban J connectivity index is 2.05. The molecule has 0 N–H and O–H groups in total. The molecule has 3 aromatic rings. The van der Waals surface area contributed by atoms with Crippen LogP contribution in [0.4, 0.5) is 30.7 Å². The Morgan fingerprint density at radius 3 is 2.04 bits per heavy atom. The molecule has 0 saturated heterocycles. The molecule has 0 bridgehead atoms. The highest BCUT2D eigenvalue weighted by molar-refractivity contribution is 8.00. The van der Waals surface area contributed by atoms with Gasteiger partial charge in [-0.15, -0.1) is 0 Å². The standard InChI is InChI=1S/C17H11F7N2S/c18-15(19,16(20,21)22)17(23,24)27-14-25-12-8-4-5-9-13(12)26(14)10-11-6-2-1-3-7-11/h1-9H,10H2. The van der Waals surface area contributed by atoms with Gasteiger partial charge in [0.2, 0.25) is 0 Å². The molecule has 0 aliphatic rings. The van der Waals surface area contributed by atoms with Gasteiger partial charge in [-0.1, -0.05) is 42.5 Å². The SMILES string of the molecule is FC(F)(F)C(F)(F)C(F)(F)Sc1nc2ccccc2n1Cc1ccccc1. The summed E-state index contributed by atoms with van der Waals surface area (Å²) in [6.45, 7) is -0.0165. The number of thioether (sulfide) groups is 1. The van der Waals surface area contributed by atoms with Crippen molar-refractivity contribution >= 4 is 22.8 Å². The molecule has 144 valence electrons. The van der Waals surface area contributed by atoms with Crippen LogP contribution in [0.5, 0.6) is 0 Å². The minimum absolute atomic E-state index is 0.0165. The fourth-order valence-electron chi connectivity index (χ4n) is 2.39. The van der Waals surface area contributed by atoms with Crippen molar-refractivity contribution in [2.75, 3.05) is 0 Å². The number of hydrogen-bond acceptors (Lipinski definition) is 2. The van der Waals surface area contributed by atoms with Gasteiger partial charge in [0.1, 0.15) is 0 Å². The second-order valence-electron chi connectivity index (χ2n) is 5.65. The van der Waals surface area contributed by atoms with Gasteiger partial charge in [0.05, 0.1) is 17.6 Å². The molecular formula is C17H11F7N2S. The number of alkyl halides is 7. The third kappa shape index (κ3) is 3.62. The van der Waals surface area contributed by atoms with Gasteiger partial charge in [-0.2, -0.15) is 30.7 Å². The monoisotopic (exact) mass is 408 g/mol. The molecule has 0 radical (unpaired) electrons. The van der Waals surface area contributed by atoms with Crippen LogP contribution in [0.15, 0.2) is 59.8 Å². The van der Waals surface area contributed by atoms with Crippen LogP contribution in [0.25, 0.3) is 11.0 Å². The van der Waals surface area contributed by atoms with Gasteiger partial charge in [-0.25, -0.2) is 4.98 Å². The minimum atomic E-state index is -6.39. The van der Waals surface area contributed by atoms with E-state index in [1.165, 1.54) is 16.7 Å². The first-order chi connectivity index (χ1) is 12.5. The van der Waals surface area contributed by atoms with Gasteiger partial charge < -0.3 is 4.57 Å². The van der Waals surface area contributed by atoms with E-state index < -0.39 is 34.3 Å². The maximum atomic E-state index is 13.9. The molecule has 1 aromatic heterocycles. The van der Waals surface area contributed by atoms with Crippen LogP contribution in [0, 0.1) is 0 Å². The van der Waals surface area contributed by atoms with Crippen molar-refractivity contribution in [3.8, 4) is 0 Å². The Bertz CT molecular complexity index is 935. The smallest absolute Gasteiger partial charge is 0.314 e. The van der Waals surface area contributed by atoms with Crippen molar-refractivity contribution < 1.29 is 30.7 Å². The number of hydrogen-bond donors (Lipinski definition) is 0. The maximum Gasteiger partial charge on any atom is 0.460 e. The molecule has 27 heavy (non-hydrogen) atoms. The van der Waals surface area contributed by atoms with E-state index in [0.29, 0.717) is 11.1 Å². The van der Waals surface area contributed by atoms with Crippen molar-refractivity contribution in [2.24, 2.45) is 0 Å². The summed E-state index contributed by atoms with van der Waals surface area (Å²) in [5.41, 5.74) is 1.20. The zero-order chi connectivity index (χ0) is 19.9. The van der Waals surface area contributed by atoms with Crippen molar-refractivity contribution in [2.45, 2.75) is 29.1 Å². The number of rotatable bonds is 5. The number of halogens is 7. The third-order valence-electron chi connectivity index (χ3n) is 3.74. The molecule has 0 aliphatic carbocycles. The second kappa shape index (κ2) is 6.74. The molecule has 2 nitrogen and oxygen atoms in total. The Kier molecular flexibility index (Phi) is 4.87. The number of para-hydroxylation sites is 2. The molecule has 2 aromatic carbocycles. The molecule has 1 heterocycles. The quantitative estimate of drug-likeness (QED) is 0.383. The van der Waals surface area contributed by atoms with Gasteiger partial charge in [-0.3, -0.25) is 0 Å². The lowest BCUT2D eigenvalue weighted by molar-refractivity contribution is -0.330. The first-order valence-electron chi connectivity index (χ1n) is 7.53. The molecule has 10 heteroatoms. The number of fused-ring (bicyclic) bond motifs is 1. The average molecular weight is 408 g/mol. The molecule has 3 rings (SSSR count). The van der Waals surface area contributed by atoms with E-state index in [0.717, 1.165) is 0 Å². The first kappa shape index (κ1) is 19.5. The minimum Gasteiger partial charge on any atom is -0.314 e.